The lowest BCUT2D eigenvalue weighted by Gasteiger charge is -2.18. The van der Waals surface area contributed by atoms with Crippen LogP contribution in [0.2, 0.25) is 0 Å². The average Bonchev–Trinajstić information content (AvgIpc) is 3.45. The molecule has 2 N–H and O–H groups in total. The van der Waals surface area contributed by atoms with Crippen LogP contribution in [0.25, 0.3) is 21.5 Å². The summed E-state index contributed by atoms with van der Waals surface area (Å²) in [5, 5.41) is 16.6. The van der Waals surface area contributed by atoms with Crippen LogP contribution in [-0.2, 0) is 16.0 Å². The number of aliphatic carboxylic acids is 1. The zero-order valence-corrected chi connectivity index (χ0v) is 13.7. The Balaban J connectivity index is 1.79. The van der Waals surface area contributed by atoms with Crippen LogP contribution in [-0.4, -0.2) is 23.0 Å². The molecule has 0 unspecified atom stereocenters. The number of carboxylic acid groups (broad SMARTS) is 1. The van der Waals surface area contributed by atoms with Gasteiger partial charge in [-0.3, -0.25) is 4.79 Å². The first kappa shape index (κ1) is 15.6. The number of hydrogen-bond donors (Lipinski definition) is 2. The van der Waals surface area contributed by atoms with Gasteiger partial charge in [-0.15, -0.1) is 0 Å². The number of fused-ring (bicyclic) bond motifs is 2. The molecule has 0 saturated heterocycles. The monoisotopic (exact) mass is 333 g/mol. The van der Waals surface area contributed by atoms with Gasteiger partial charge in [0, 0.05) is 12.3 Å². The average molecular weight is 333 g/mol. The number of rotatable bonds is 5. The van der Waals surface area contributed by atoms with E-state index >= 15 is 0 Å². The number of carbonyl (C=O) groups excluding carboxylic acids is 1. The number of amides is 1. The zero-order valence-electron chi connectivity index (χ0n) is 13.7. The molecule has 1 atom stereocenters. The third kappa shape index (κ3) is 3.07. The maximum absolute atomic E-state index is 12.1. The fourth-order valence-electron chi connectivity index (χ4n) is 3.37. The summed E-state index contributed by atoms with van der Waals surface area (Å²) in [6, 6.07) is 17.2. The molecule has 126 valence electrons. The minimum atomic E-state index is -0.994. The van der Waals surface area contributed by atoms with Crippen LogP contribution in [0.5, 0.6) is 0 Å². The Morgan fingerprint density at radius 3 is 2.08 bits per heavy atom. The van der Waals surface area contributed by atoms with E-state index in [4.69, 9.17) is 0 Å². The van der Waals surface area contributed by atoms with Crippen molar-refractivity contribution in [2.24, 2.45) is 5.92 Å². The van der Waals surface area contributed by atoms with Crippen molar-refractivity contribution in [2.45, 2.75) is 25.3 Å². The minimum absolute atomic E-state index is 0.00823. The molecule has 1 aliphatic carbocycles. The van der Waals surface area contributed by atoms with E-state index in [0.717, 1.165) is 39.9 Å². The molecule has 0 spiro atoms. The predicted molar refractivity (Wildman–Crippen MR) is 97.4 cm³/mol. The smallest absolute Gasteiger partial charge is 0.326 e. The highest BCUT2D eigenvalue weighted by Crippen LogP contribution is 2.31. The first-order valence-corrected chi connectivity index (χ1v) is 8.56. The lowest BCUT2D eigenvalue weighted by atomic mass is 9.92. The molecular formula is C21H19NO3. The van der Waals surface area contributed by atoms with Crippen molar-refractivity contribution < 1.29 is 14.7 Å². The van der Waals surface area contributed by atoms with E-state index in [0.29, 0.717) is 0 Å². The first-order chi connectivity index (χ1) is 12.1. The Bertz CT molecular complexity index is 921. The Labute approximate surface area is 145 Å². The molecule has 1 saturated carbocycles. The van der Waals surface area contributed by atoms with Gasteiger partial charge < -0.3 is 10.4 Å². The van der Waals surface area contributed by atoms with Crippen molar-refractivity contribution in [1.82, 2.24) is 5.32 Å². The minimum Gasteiger partial charge on any atom is -0.480 e. The maximum Gasteiger partial charge on any atom is 0.326 e. The van der Waals surface area contributed by atoms with Crippen molar-refractivity contribution in [3.63, 3.8) is 0 Å². The highest BCUT2D eigenvalue weighted by molar-refractivity contribution is 6.02. The third-order valence-corrected chi connectivity index (χ3v) is 4.85. The van der Waals surface area contributed by atoms with Crippen molar-refractivity contribution in [3.05, 3.63) is 60.2 Å². The van der Waals surface area contributed by atoms with Crippen LogP contribution in [0.3, 0.4) is 0 Å². The van der Waals surface area contributed by atoms with Crippen LogP contribution < -0.4 is 5.32 Å². The molecule has 4 nitrogen and oxygen atoms in total. The summed E-state index contributed by atoms with van der Waals surface area (Å²) in [5.41, 5.74) is 0.970. The van der Waals surface area contributed by atoms with Crippen molar-refractivity contribution in [3.8, 4) is 0 Å². The number of benzene rings is 3. The second-order valence-electron chi connectivity index (χ2n) is 6.68. The molecule has 3 aromatic rings. The molecule has 0 bridgehead atoms. The summed E-state index contributed by atoms with van der Waals surface area (Å²) < 4.78 is 0. The molecular weight excluding hydrogens is 314 g/mol. The normalized spacial score (nSPS) is 15.2. The van der Waals surface area contributed by atoms with Crippen LogP contribution in [0.1, 0.15) is 18.4 Å². The van der Waals surface area contributed by atoms with Crippen molar-refractivity contribution >= 4 is 33.4 Å². The lowest BCUT2D eigenvalue weighted by molar-refractivity contribution is -0.141. The fraction of sp³-hybridized carbons (Fsp3) is 0.238. The van der Waals surface area contributed by atoms with E-state index in [1.165, 1.54) is 0 Å². The molecule has 3 aromatic carbocycles. The number of carbonyl (C=O) groups is 2. The molecule has 4 rings (SSSR count). The molecule has 1 amide bonds. The summed E-state index contributed by atoms with van der Waals surface area (Å²) in [5.74, 6) is -1.14. The van der Waals surface area contributed by atoms with E-state index in [2.05, 4.69) is 11.4 Å². The quantitative estimate of drug-likeness (QED) is 0.702. The highest BCUT2D eigenvalue weighted by Gasteiger charge is 2.33. The molecule has 0 radical (unpaired) electrons. The summed E-state index contributed by atoms with van der Waals surface area (Å²) in [6.07, 6.45) is 1.99. The molecule has 0 heterocycles. The summed E-state index contributed by atoms with van der Waals surface area (Å²) in [6.45, 7) is 0. The second-order valence-corrected chi connectivity index (χ2v) is 6.68. The summed E-state index contributed by atoms with van der Waals surface area (Å²) >= 11 is 0. The molecule has 4 heteroatoms. The standard InChI is InChI=1S/C21H19NO3/c23-20(13-9-10-13)22-19(21(24)25)12-18-16-7-3-1-5-14(16)11-15-6-2-4-8-17(15)18/h1-8,11,13,19H,9-10,12H2,(H,22,23)(H,24,25)/t19-/m0/s1. The van der Waals surface area contributed by atoms with Crippen LogP contribution in [0, 0.1) is 5.92 Å². The summed E-state index contributed by atoms with van der Waals surface area (Å²) in [7, 11) is 0. The Morgan fingerprint density at radius 2 is 1.56 bits per heavy atom. The van der Waals surface area contributed by atoms with Gasteiger partial charge in [0.15, 0.2) is 0 Å². The number of hydrogen-bond acceptors (Lipinski definition) is 2. The Kier molecular flexibility index (Phi) is 3.88. The van der Waals surface area contributed by atoms with Crippen LogP contribution in [0.15, 0.2) is 54.6 Å². The van der Waals surface area contributed by atoms with Gasteiger partial charge in [0.1, 0.15) is 6.04 Å². The van der Waals surface area contributed by atoms with Gasteiger partial charge in [-0.05, 0) is 46.0 Å². The third-order valence-electron chi connectivity index (χ3n) is 4.85. The number of carboxylic acids is 1. The SMILES string of the molecule is O=C(N[C@@H](Cc1c2ccccc2cc2ccccc12)C(=O)O)C1CC1. The van der Waals surface area contributed by atoms with Gasteiger partial charge in [-0.1, -0.05) is 48.5 Å². The zero-order chi connectivity index (χ0) is 17.4. The van der Waals surface area contributed by atoms with Gasteiger partial charge >= 0.3 is 5.97 Å². The van der Waals surface area contributed by atoms with Gasteiger partial charge in [0.2, 0.25) is 5.91 Å². The van der Waals surface area contributed by atoms with E-state index in [9.17, 15) is 14.7 Å². The molecule has 1 aliphatic rings. The predicted octanol–water partition coefficient (Wildman–Crippen LogP) is 3.51. The topological polar surface area (TPSA) is 66.4 Å². The molecule has 0 aliphatic heterocycles. The van der Waals surface area contributed by atoms with Crippen LogP contribution in [0.4, 0.5) is 0 Å². The molecule has 1 fully saturated rings. The van der Waals surface area contributed by atoms with Crippen LogP contribution >= 0.6 is 0 Å². The number of nitrogens with one attached hydrogen (secondary N) is 1. The maximum atomic E-state index is 12.1. The summed E-state index contributed by atoms with van der Waals surface area (Å²) in [4.78, 5) is 23.8. The van der Waals surface area contributed by atoms with Gasteiger partial charge in [0.25, 0.3) is 0 Å². The molecule has 0 aromatic heterocycles. The molecule has 25 heavy (non-hydrogen) atoms. The largest absolute Gasteiger partial charge is 0.480 e. The van der Waals surface area contributed by atoms with Crippen molar-refractivity contribution in [1.29, 1.82) is 0 Å². The Hall–Kier alpha value is -2.88. The van der Waals surface area contributed by atoms with E-state index in [-0.39, 0.29) is 18.2 Å². The van der Waals surface area contributed by atoms with Gasteiger partial charge in [0.05, 0.1) is 0 Å². The van der Waals surface area contributed by atoms with E-state index in [1.54, 1.807) is 0 Å². The van der Waals surface area contributed by atoms with Crippen molar-refractivity contribution in [2.75, 3.05) is 0 Å². The second kappa shape index (κ2) is 6.20. The fourth-order valence-corrected chi connectivity index (χ4v) is 3.37. The first-order valence-electron chi connectivity index (χ1n) is 8.56. The van der Waals surface area contributed by atoms with Gasteiger partial charge in [-0.25, -0.2) is 4.79 Å². The lowest BCUT2D eigenvalue weighted by Crippen LogP contribution is -2.43. The Morgan fingerprint density at radius 1 is 1.00 bits per heavy atom. The highest BCUT2D eigenvalue weighted by atomic mass is 16.4. The van der Waals surface area contributed by atoms with Gasteiger partial charge in [-0.2, -0.15) is 0 Å². The van der Waals surface area contributed by atoms with E-state index in [1.807, 2.05) is 48.5 Å². The van der Waals surface area contributed by atoms with E-state index < -0.39 is 12.0 Å².